The fraction of sp³-hybridized carbons (Fsp3) is 0.861. The minimum absolute atomic E-state index is 0.0599. The summed E-state index contributed by atoms with van der Waals surface area (Å²) in [4.78, 5) is 23.1. The molecule has 0 radical (unpaired) electrons. The Labute approximate surface area is 279 Å². The monoisotopic (exact) mass is 643 g/mol. The van der Waals surface area contributed by atoms with E-state index in [0.29, 0.717) is 44.7 Å². The Bertz CT molecular complexity index is 1080. The van der Waals surface area contributed by atoms with E-state index in [4.69, 9.17) is 27.7 Å². The van der Waals surface area contributed by atoms with Crippen molar-refractivity contribution in [1.29, 1.82) is 0 Å². The molecule has 4 aliphatic rings. The van der Waals surface area contributed by atoms with Gasteiger partial charge in [0.15, 0.2) is 11.9 Å². The lowest BCUT2D eigenvalue weighted by Gasteiger charge is -2.58. The molecule has 262 valence electrons. The average molecular weight is 643 g/mol. The van der Waals surface area contributed by atoms with Gasteiger partial charge in [-0.1, -0.05) is 65.5 Å². The number of alkyl carbamates (subject to hydrolysis) is 1. The van der Waals surface area contributed by atoms with Crippen molar-refractivity contribution in [3.8, 4) is 0 Å². The van der Waals surface area contributed by atoms with Gasteiger partial charge in [0.2, 0.25) is 0 Å². The largest absolute Gasteiger partial charge is 0.446 e. The van der Waals surface area contributed by atoms with Crippen LogP contribution in [0.5, 0.6) is 0 Å². The second-order valence-corrected chi connectivity index (χ2v) is 15.9. The third-order valence-corrected chi connectivity index (χ3v) is 12.7. The summed E-state index contributed by atoms with van der Waals surface area (Å²) in [6.45, 7) is 15.7. The molecule has 9 N–H and O–H groups in total. The molecule has 8 atom stereocenters. The van der Waals surface area contributed by atoms with Crippen LogP contribution in [0, 0.1) is 46.3 Å². The normalized spacial score (nSPS) is 32.5. The van der Waals surface area contributed by atoms with Crippen LogP contribution in [-0.2, 0) is 4.74 Å². The minimum atomic E-state index is -0.343. The molecule has 0 saturated heterocycles. The van der Waals surface area contributed by atoms with Gasteiger partial charge in [-0.05, 0) is 91.3 Å². The molecule has 0 aromatic rings. The first-order valence-corrected chi connectivity index (χ1v) is 18.3. The number of guanidine groups is 2. The zero-order valence-corrected chi connectivity index (χ0v) is 29.6. The van der Waals surface area contributed by atoms with Crippen molar-refractivity contribution >= 4 is 18.0 Å². The lowest BCUT2D eigenvalue weighted by molar-refractivity contribution is -0.0581. The SMILES string of the molecule is CC(C)CCCC(C)C1CCC2C3CC=C4CC(OC(=O)NCCN(CCN=C(N)N)CCN=C(N)N)CCC4(C)C3CCC12C. The molecule has 4 rings (SSSR count). The highest BCUT2D eigenvalue weighted by Crippen LogP contribution is 2.67. The van der Waals surface area contributed by atoms with E-state index >= 15 is 0 Å². The second kappa shape index (κ2) is 16.1. The number of hydrogen-bond donors (Lipinski definition) is 5. The van der Waals surface area contributed by atoms with E-state index in [9.17, 15) is 4.79 Å². The predicted octanol–water partition coefficient (Wildman–Crippen LogP) is 4.97. The number of nitrogens with one attached hydrogen (secondary N) is 1. The van der Waals surface area contributed by atoms with Crippen LogP contribution in [0.2, 0.25) is 0 Å². The Balaban J connectivity index is 1.28. The molecule has 0 aromatic carbocycles. The number of rotatable bonds is 15. The zero-order chi connectivity index (χ0) is 33.5. The lowest BCUT2D eigenvalue weighted by atomic mass is 9.47. The summed E-state index contributed by atoms with van der Waals surface area (Å²) in [5.74, 6) is 5.09. The van der Waals surface area contributed by atoms with Gasteiger partial charge in [-0.15, -0.1) is 0 Å². The van der Waals surface area contributed by atoms with Crippen molar-refractivity contribution in [2.24, 2.45) is 79.3 Å². The molecule has 0 aromatic heterocycles. The summed E-state index contributed by atoms with van der Waals surface area (Å²) in [5, 5.41) is 2.95. The van der Waals surface area contributed by atoms with E-state index in [1.165, 1.54) is 51.4 Å². The summed E-state index contributed by atoms with van der Waals surface area (Å²) < 4.78 is 5.98. The first kappa shape index (κ1) is 36.3. The molecule has 0 heterocycles. The first-order valence-electron chi connectivity index (χ1n) is 18.3. The summed E-state index contributed by atoms with van der Waals surface area (Å²) in [6.07, 6.45) is 16.0. The molecule has 10 heteroatoms. The maximum atomic E-state index is 12.8. The van der Waals surface area contributed by atoms with Gasteiger partial charge in [0.1, 0.15) is 6.10 Å². The van der Waals surface area contributed by atoms with Gasteiger partial charge in [-0.2, -0.15) is 0 Å². The van der Waals surface area contributed by atoms with Gasteiger partial charge >= 0.3 is 6.09 Å². The van der Waals surface area contributed by atoms with Crippen molar-refractivity contribution in [2.75, 3.05) is 39.3 Å². The minimum Gasteiger partial charge on any atom is -0.446 e. The maximum Gasteiger partial charge on any atom is 0.407 e. The lowest BCUT2D eigenvalue weighted by Crippen LogP contribution is -2.51. The topological polar surface area (TPSA) is 170 Å². The van der Waals surface area contributed by atoms with Gasteiger partial charge in [-0.25, -0.2) is 4.79 Å². The number of aliphatic imine (C=N–C) groups is 2. The number of hydrogen-bond acceptors (Lipinski definition) is 5. The van der Waals surface area contributed by atoms with Crippen molar-refractivity contribution in [3.63, 3.8) is 0 Å². The standard InChI is InChI=1S/C36H66N8O2/c1-24(2)7-6-8-25(3)29-11-12-30-28-10-9-26-23-27(13-15-35(26,4)31(28)14-16-36(29,30)5)46-34(45)43-19-22-44(20-17-41-32(37)38)21-18-42-33(39)40/h9,24-25,27-31H,6-8,10-23H2,1-5H3,(H,43,45)(H4,37,38,41)(H4,39,40,42). The molecule has 8 unspecified atom stereocenters. The molecule has 0 aliphatic heterocycles. The van der Waals surface area contributed by atoms with Gasteiger partial charge in [0.05, 0.1) is 13.1 Å². The molecule has 46 heavy (non-hydrogen) atoms. The van der Waals surface area contributed by atoms with Crippen LogP contribution < -0.4 is 28.3 Å². The number of allylic oxidation sites excluding steroid dienone is 1. The summed E-state index contributed by atoms with van der Waals surface area (Å²) in [5.41, 5.74) is 24.2. The number of nitrogens with zero attached hydrogens (tertiary/aromatic N) is 3. The van der Waals surface area contributed by atoms with Crippen LogP contribution >= 0.6 is 0 Å². The Hall–Kier alpha value is -2.49. The highest BCUT2D eigenvalue weighted by molar-refractivity contribution is 5.76. The molecule has 0 spiro atoms. The van der Waals surface area contributed by atoms with E-state index in [1.807, 2.05) is 0 Å². The quantitative estimate of drug-likeness (QED) is 0.0953. The molecular formula is C36H66N8O2. The van der Waals surface area contributed by atoms with Gasteiger partial charge in [0.25, 0.3) is 0 Å². The summed E-state index contributed by atoms with van der Waals surface area (Å²) >= 11 is 0. The van der Waals surface area contributed by atoms with Crippen LogP contribution in [0.25, 0.3) is 0 Å². The highest BCUT2D eigenvalue weighted by Gasteiger charge is 2.59. The van der Waals surface area contributed by atoms with Gasteiger partial charge < -0.3 is 33.0 Å². The van der Waals surface area contributed by atoms with E-state index in [2.05, 4.69) is 60.9 Å². The third kappa shape index (κ3) is 8.90. The fourth-order valence-corrected chi connectivity index (χ4v) is 10.2. The Morgan fingerprint density at radius 3 is 2.30 bits per heavy atom. The van der Waals surface area contributed by atoms with Gasteiger partial charge in [-0.3, -0.25) is 14.9 Å². The smallest absolute Gasteiger partial charge is 0.407 e. The Morgan fingerprint density at radius 2 is 1.65 bits per heavy atom. The third-order valence-electron chi connectivity index (χ3n) is 12.7. The first-order chi connectivity index (χ1) is 21.8. The molecule has 3 fully saturated rings. The molecule has 3 saturated carbocycles. The zero-order valence-electron chi connectivity index (χ0n) is 29.6. The summed E-state index contributed by atoms with van der Waals surface area (Å²) in [7, 11) is 0. The predicted molar refractivity (Wildman–Crippen MR) is 189 cm³/mol. The average Bonchev–Trinajstić information content (AvgIpc) is 3.34. The number of nitrogens with two attached hydrogens (primary N) is 4. The van der Waals surface area contributed by atoms with Crippen LogP contribution in [0.3, 0.4) is 0 Å². The van der Waals surface area contributed by atoms with Crippen molar-refractivity contribution in [1.82, 2.24) is 10.2 Å². The van der Waals surface area contributed by atoms with Crippen molar-refractivity contribution < 1.29 is 9.53 Å². The van der Waals surface area contributed by atoms with Crippen LogP contribution in [0.4, 0.5) is 4.79 Å². The van der Waals surface area contributed by atoms with Crippen molar-refractivity contribution in [2.45, 2.75) is 111 Å². The molecule has 10 nitrogen and oxygen atoms in total. The molecule has 1 amide bonds. The highest BCUT2D eigenvalue weighted by atomic mass is 16.6. The maximum absolute atomic E-state index is 12.8. The van der Waals surface area contributed by atoms with E-state index < -0.39 is 0 Å². The number of amides is 1. The molecule has 4 aliphatic carbocycles. The van der Waals surface area contributed by atoms with Crippen LogP contribution in [-0.4, -0.2) is 68.3 Å². The summed E-state index contributed by atoms with van der Waals surface area (Å²) in [6, 6.07) is 0. The van der Waals surface area contributed by atoms with Gasteiger partial charge in [0, 0.05) is 32.6 Å². The Morgan fingerprint density at radius 1 is 0.957 bits per heavy atom. The number of carbonyl (C=O) groups excluding carboxylic acids is 1. The number of fused-ring (bicyclic) bond motifs is 5. The molecule has 0 bridgehead atoms. The number of carbonyl (C=O) groups is 1. The van der Waals surface area contributed by atoms with Crippen LogP contribution in [0.15, 0.2) is 21.6 Å². The molecular weight excluding hydrogens is 576 g/mol. The van der Waals surface area contributed by atoms with E-state index in [-0.39, 0.29) is 29.5 Å². The fourth-order valence-electron chi connectivity index (χ4n) is 10.2. The van der Waals surface area contributed by atoms with E-state index in [0.717, 1.165) is 54.8 Å². The van der Waals surface area contributed by atoms with Crippen LogP contribution in [0.1, 0.15) is 105 Å². The van der Waals surface area contributed by atoms with E-state index in [1.54, 1.807) is 5.57 Å². The van der Waals surface area contributed by atoms with Crippen molar-refractivity contribution in [3.05, 3.63) is 11.6 Å². The number of ether oxygens (including phenoxy) is 1. The Kier molecular flexibility index (Phi) is 12.7. The second-order valence-electron chi connectivity index (χ2n) is 15.9.